The summed E-state index contributed by atoms with van der Waals surface area (Å²) in [5.41, 5.74) is 5.57. The average Bonchev–Trinajstić information content (AvgIpc) is 2.76. The van der Waals surface area contributed by atoms with Crippen LogP contribution in [0.5, 0.6) is 0 Å². The van der Waals surface area contributed by atoms with Crippen LogP contribution in [0.4, 0.5) is 0 Å². The fourth-order valence-corrected chi connectivity index (χ4v) is 2.80. The number of aliphatic carboxylic acids is 1. The first kappa shape index (κ1) is 16.9. The number of hydrogen-bond acceptors (Lipinski definition) is 4. The molecule has 2 unspecified atom stereocenters. The van der Waals surface area contributed by atoms with E-state index in [0.717, 1.165) is 6.42 Å². The molecule has 0 aromatic carbocycles. The average molecular weight is 286 g/mol. The normalized spacial score (nSPS) is 24.1. The minimum atomic E-state index is -1.04. The summed E-state index contributed by atoms with van der Waals surface area (Å²) in [5.74, 6) is -0.403. The smallest absolute Gasteiger partial charge is 0.326 e. The van der Waals surface area contributed by atoms with Gasteiger partial charge in [-0.25, -0.2) is 4.79 Å². The Morgan fingerprint density at radius 2 is 2.00 bits per heavy atom. The highest BCUT2D eigenvalue weighted by atomic mass is 16.4. The Hall–Kier alpha value is -1.14. The Labute approximate surface area is 119 Å². The van der Waals surface area contributed by atoms with Crippen LogP contribution in [-0.2, 0) is 9.59 Å². The number of aliphatic hydroxyl groups is 1. The summed E-state index contributed by atoms with van der Waals surface area (Å²) in [6.07, 6.45) is 1.30. The van der Waals surface area contributed by atoms with E-state index in [1.807, 2.05) is 0 Å². The van der Waals surface area contributed by atoms with Crippen molar-refractivity contribution in [2.45, 2.75) is 51.7 Å². The van der Waals surface area contributed by atoms with Crippen LogP contribution in [0.1, 0.15) is 39.5 Å². The predicted octanol–water partition coefficient (Wildman–Crippen LogP) is 0.434. The van der Waals surface area contributed by atoms with E-state index in [9.17, 15) is 14.7 Å². The molecule has 0 bridgehead atoms. The van der Waals surface area contributed by atoms with Gasteiger partial charge in [0.25, 0.3) is 0 Å². The number of carboxylic acid groups (broad SMARTS) is 1. The van der Waals surface area contributed by atoms with E-state index in [2.05, 4.69) is 13.8 Å². The summed E-state index contributed by atoms with van der Waals surface area (Å²) in [4.78, 5) is 24.5. The van der Waals surface area contributed by atoms with Crippen LogP contribution in [0.15, 0.2) is 0 Å². The Morgan fingerprint density at radius 1 is 1.35 bits per heavy atom. The van der Waals surface area contributed by atoms with Crippen molar-refractivity contribution in [1.82, 2.24) is 4.90 Å². The molecule has 0 aromatic heterocycles. The summed E-state index contributed by atoms with van der Waals surface area (Å²) >= 11 is 0. The van der Waals surface area contributed by atoms with Crippen LogP contribution >= 0.6 is 0 Å². The summed E-state index contributed by atoms with van der Waals surface area (Å²) < 4.78 is 0. The lowest BCUT2D eigenvalue weighted by Crippen LogP contribution is -2.40. The van der Waals surface area contributed by atoms with Gasteiger partial charge in [-0.05, 0) is 31.2 Å². The molecule has 0 saturated carbocycles. The fraction of sp³-hybridized carbons (Fsp3) is 0.857. The van der Waals surface area contributed by atoms with E-state index in [1.165, 1.54) is 4.90 Å². The number of likely N-dealkylation sites (tertiary alicyclic amines) is 1. The number of amides is 1. The summed E-state index contributed by atoms with van der Waals surface area (Å²) in [6.45, 7) is 4.92. The zero-order chi connectivity index (χ0) is 15.3. The van der Waals surface area contributed by atoms with E-state index in [4.69, 9.17) is 10.8 Å². The molecule has 0 aliphatic carbocycles. The van der Waals surface area contributed by atoms with Crippen LogP contribution in [0.2, 0.25) is 0 Å². The number of carbonyl (C=O) groups excluding carboxylic acids is 1. The van der Waals surface area contributed by atoms with E-state index in [0.29, 0.717) is 31.2 Å². The third kappa shape index (κ3) is 4.45. The van der Waals surface area contributed by atoms with Crippen molar-refractivity contribution in [1.29, 1.82) is 0 Å². The van der Waals surface area contributed by atoms with E-state index in [1.54, 1.807) is 0 Å². The maximum Gasteiger partial charge on any atom is 0.326 e. The molecule has 1 rings (SSSR count). The zero-order valence-corrected chi connectivity index (χ0v) is 12.3. The van der Waals surface area contributed by atoms with Crippen molar-refractivity contribution in [3.63, 3.8) is 0 Å². The molecule has 4 N–H and O–H groups in total. The van der Waals surface area contributed by atoms with Crippen molar-refractivity contribution in [3.05, 3.63) is 0 Å². The first-order chi connectivity index (χ1) is 9.36. The Balaban J connectivity index is 2.55. The van der Waals surface area contributed by atoms with Gasteiger partial charge >= 0.3 is 5.97 Å². The third-order valence-corrected chi connectivity index (χ3v) is 4.09. The molecule has 1 aliphatic rings. The second-order valence-electron chi connectivity index (χ2n) is 5.91. The molecule has 20 heavy (non-hydrogen) atoms. The molecule has 1 saturated heterocycles. The molecule has 1 fully saturated rings. The summed E-state index contributed by atoms with van der Waals surface area (Å²) in [7, 11) is 0. The van der Waals surface area contributed by atoms with Crippen molar-refractivity contribution >= 4 is 11.9 Å². The van der Waals surface area contributed by atoms with E-state index in [-0.39, 0.29) is 18.9 Å². The molecule has 6 heteroatoms. The number of nitrogens with two attached hydrogens (primary N) is 1. The van der Waals surface area contributed by atoms with Gasteiger partial charge in [-0.3, -0.25) is 4.79 Å². The molecular weight excluding hydrogens is 260 g/mol. The maximum atomic E-state index is 12.2. The zero-order valence-electron chi connectivity index (χ0n) is 12.3. The monoisotopic (exact) mass is 286 g/mol. The van der Waals surface area contributed by atoms with Crippen molar-refractivity contribution in [2.24, 2.45) is 17.6 Å². The number of carbonyl (C=O) groups is 2. The van der Waals surface area contributed by atoms with Crippen molar-refractivity contribution in [2.75, 3.05) is 13.1 Å². The molecule has 0 radical (unpaired) electrons. The third-order valence-electron chi connectivity index (χ3n) is 4.09. The van der Waals surface area contributed by atoms with Gasteiger partial charge in [0.2, 0.25) is 5.91 Å². The maximum absolute atomic E-state index is 12.2. The van der Waals surface area contributed by atoms with Crippen LogP contribution in [0, 0.1) is 11.8 Å². The fourth-order valence-electron chi connectivity index (χ4n) is 2.80. The molecule has 6 nitrogen and oxygen atoms in total. The second kappa shape index (κ2) is 7.59. The highest BCUT2D eigenvalue weighted by molar-refractivity contribution is 5.84. The lowest BCUT2D eigenvalue weighted by atomic mass is 9.88. The Morgan fingerprint density at radius 3 is 2.50 bits per heavy atom. The molecule has 1 heterocycles. The van der Waals surface area contributed by atoms with Crippen LogP contribution in [0.25, 0.3) is 0 Å². The van der Waals surface area contributed by atoms with Gasteiger partial charge in [0.15, 0.2) is 0 Å². The molecule has 0 spiro atoms. The SMILES string of the molecule is CC(C)C(CCN)CCC(=O)N1CC(O)C[C@H]1C(=O)O. The number of aliphatic hydroxyl groups excluding tert-OH is 1. The molecular formula is C14H26N2O4. The number of carboxylic acids is 1. The van der Waals surface area contributed by atoms with E-state index < -0.39 is 18.1 Å². The van der Waals surface area contributed by atoms with Gasteiger partial charge in [-0.2, -0.15) is 0 Å². The Bertz CT molecular complexity index is 346. The molecule has 116 valence electrons. The largest absolute Gasteiger partial charge is 0.480 e. The van der Waals surface area contributed by atoms with Gasteiger partial charge in [0.1, 0.15) is 6.04 Å². The molecule has 1 aliphatic heterocycles. The lowest BCUT2D eigenvalue weighted by Gasteiger charge is -2.24. The predicted molar refractivity (Wildman–Crippen MR) is 75.0 cm³/mol. The molecule has 0 aromatic rings. The number of rotatable bonds is 7. The first-order valence-electron chi connectivity index (χ1n) is 7.27. The Kier molecular flexibility index (Phi) is 6.42. The van der Waals surface area contributed by atoms with Gasteiger partial charge in [0.05, 0.1) is 6.10 Å². The summed E-state index contributed by atoms with van der Waals surface area (Å²) in [5, 5.41) is 18.6. The van der Waals surface area contributed by atoms with Gasteiger partial charge in [-0.1, -0.05) is 13.8 Å². The van der Waals surface area contributed by atoms with Gasteiger partial charge in [0, 0.05) is 19.4 Å². The summed E-state index contributed by atoms with van der Waals surface area (Å²) in [6, 6.07) is -0.885. The van der Waals surface area contributed by atoms with Crippen LogP contribution in [0.3, 0.4) is 0 Å². The lowest BCUT2D eigenvalue weighted by molar-refractivity contribution is -0.148. The van der Waals surface area contributed by atoms with Gasteiger partial charge < -0.3 is 20.8 Å². The minimum Gasteiger partial charge on any atom is -0.480 e. The minimum absolute atomic E-state index is 0.123. The van der Waals surface area contributed by atoms with Crippen molar-refractivity contribution < 1.29 is 19.8 Å². The standard InChI is InChI=1S/C14H26N2O4/c1-9(2)10(5-6-15)3-4-13(18)16-8-11(17)7-12(16)14(19)20/h9-12,17H,3-8,15H2,1-2H3,(H,19,20)/t10?,11?,12-/m0/s1. The van der Waals surface area contributed by atoms with Gasteiger partial charge in [-0.15, -0.1) is 0 Å². The highest BCUT2D eigenvalue weighted by Gasteiger charge is 2.38. The van der Waals surface area contributed by atoms with Crippen molar-refractivity contribution in [3.8, 4) is 0 Å². The highest BCUT2D eigenvalue weighted by Crippen LogP contribution is 2.24. The number of β-amino-alcohol motifs (C(OH)–C–C–N with tert-alkyl or cyclic N) is 1. The molecule has 3 atom stereocenters. The van der Waals surface area contributed by atoms with Crippen LogP contribution < -0.4 is 5.73 Å². The van der Waals surface area contributed by atoms with Crippen LogP contribution in [-0.4, -0.2) is 52.2 Å². The molecule has 1 amide bonds. The number of nitrogens with zero attached hydrogens (tertiary/aromatic N) is 1. The number of hydrogen-bond donors (Lipinski definition) is 3. The second-order valence-corrected chi connectivity index (χ2v) is 5.91. The van der Waals surface area contributed by atoms with E-state index >= 15 is 0 Å². The topological polar surface area (TPSA) is 104 Å². The first-order valence-corrected chi connectivity index (χ1v) is 7.27. The quantitative estimate of drug-likeness (QED) is 0.630.